The number of hydrogen-bond donors (Lipinski definition) is 1. The molecule has 0 aliphatic rings. The summed E-state index contributed by atoms with van der Waals surface area (Å²) < 4.78 is 5.72. The fourth-order valence-electron chi connectivity index (χ4n) is 2.23. The number of carbonyl (C=O) groups is 1. The molecule has 0 radical (unpaired) electrons. The van der Waals surface area contributed by atoms with Crippen molar-refractivity contribution in [3.8, 4) is 11.8 Å². The smallest absolute Gasteiger partial charge is 0.261 e. The summed E-state index contributed by atoms with van der Waals surface area (Å²) in [4.78, 5) is 12.0. The molecule has 0 aliphatic carbocycles. The fraction of sp³-hybridized carbons (Fsp3) is 0.238. The second-order valence-electron chi connectivity index (χ2n) is 5.73. The first-order valence-corrected chi connectivity index (χ1v) is 8.88. The maximum absolute atomic E-state index is 12.0. The number of halogens is 1. The highest BCUT2D eigenvalue weighted by Gasteiger charge is 2.08. The van der Waals surface area contributed by atoms with Gasteiger partial charge in [-0.25, -0.2) is 0 Å². The molecular formula is C21H21ClN2O2. The van der Waals surface area contributed by atoms with E-state index in [1.165, 1.54) is 0 Å². The van der Waals surface area contributed by atoms with E-state index in [-0.39, 0.29) is 11.5 Å². The molecule has 2 rings (SSSR count). The lowest BCUT2D eigenvalue weighted by atomic mass is 10.1. The van der Waals surface area contributed by atoms with Crippen LogP contribution in [0.15, 0.2) is 54.1 Å². The molecule has 0 aromatic heterocycles. The Morgan fingerprint density at radius 3 is 2.62 bits per heavy atom. The van der Waals surface area contributed by atoms with Crippen molar-refractivity contribution >= 4 is 23.6 Å². The van der Waals surface area contributed by atoms with Gasteiger partial charge in [-0.3, -0.25) is 4.79 Å². The lowest BCUT2D eigenvalue weighted by molar-refractivity contribution is -0.117. The molecule has 0 atom stereocenters. The SMILES string of the molecule is CCCCNC(=O)/C(C#N)=C\c1ccc(OCc2ccccc2Cl)cc1. The molecule has 0 aliphatic heterocycles. The molecule has 0 saturated heterocycles. The predicted molar refractivity (Wildman–Crippen MR) is 104 cm³/mol. The molecular weight excluding hydrogens is 348 g/mol. The zero-order chi connectivity index (χ0) is 18.8. The summed E-state index contributed by atoms with van der Waals surface area (Å²) >= 11 is 6.11. The Morgan fingerprint density at radius 2 is 1.96 bits per heavy atom. The molecule has 2 aromatic carbocycles. The first kappa shape index (κ1) is 19.6. The van der Waals surface area contributed by atoms with Gasteiger partial charge in [-0.2, -0.15) is 5.26 Å². The number of carbonyl (C=O) groups excluding carboxylic acids is 1. The van der Waals surface area contributed by atoms with E-state index in [0.29, 0.717) is 23.9 Å². The Morgan fingerprint density at radius 1 is 1.23 bits per heavy atom. The number of amides is 1. The number of benzene rings is 2. The van der Waals surface area contributed by atoms with Crippen LogP contribution in [-0.2, 0) is 11.4 Å². The van der Waals surface area contributed by atoms with E-state index >= 15 is 0 Å². The number of rotatable bonds is 8. The van der Waals surface area contributed by atoms with Crippen LogP contribution in [0.3, 0.4) is 0 Å². The van der Waals surface area contributed by atoms with Crippen LogP contribution in [0, 0.1) is 11.3 Å². The van der Waals surface area contributed by atoms with E-state index in [1.54, 1.807) is 30.3 Å². The standard InChI is InChI=1S/C21H21ClN2O2/c1-2-3-12-24-21(25)18(14-23)13-16-8-10-19(11-9-16)26-15-17-6-4-5-7-20(17)22/h4-11,13H,2-3,12,15H2,1H3,(H,24,25)/b18-13-. The highest BCUT2D eigenvalue weighted by atomic mass is 35.5. The molecule has 0 spiro atoms. The normalized spacial score (nSPS) is 10.9. The van der Waals surface area contributed by atoms with Gasteiger partial charge in [0.25, 0.3) is 5.91 Å². The molecule has 1 amide bonds. The Kier molecular flexibility index (Phi) is 7.73. The molecule has 0 bridgehead atoms. The summed E-state index contributed by atoms with van der Waals surface area (Å²) in [6.45, 7) is 2.99. The molecule has 1 N–H and O–H groups in total. The molecule has 2 aromatic rings. The van der Waals surface area contributed by atoms with Gasteiger partial charge in [0.2, 0.25) is 0 Å². The topological polar surface area (TPSA) is 62.1 Å². The highest BCUT2D eigenvalue weighted by molar-refractivity contribution is 6.31. The molecule has 5 heteroatoms. The van der Waals surface area contributed by atoms with Gasteiger partial charge >= 0.3 is 0 Å². The van der Waals surface area contributed by atoms with Crippen LogP contribution in [0.2, 0.25) is 5.02 Å². The Bertz CT molecular complexity index is 808. The highest BCUT2D eigenvalue weighted by Crippen LogP contribution is 2.19. The van der Waals surface area contributed by atoms with E-state index in [0.717, 1.165) is 24.0 Å². The summed E-state index contributed by atoms with van der Waals surface area (Å²) in [6.07, 6.45) is 3.45. The van der Waals surface area contributed by atoms with Gasteiger partial charge in [0.1, 0.15) is 24.0 Å². The third-order valence-electron chi connectivity index (χ3n) is 3.72. The van der Waals surface area contributed by atoms with Crippen molar-refractivity contribution in [2.75, 3.05) is 6.54 Å². The average molecular weight is 369 g/mol. The maximum Gasteiger partial charge on any atom is 0.261 e. The van der Waals surface area contributed by atoms with Crippen molar-refractivity contribution < 1.29 is 9.53 Å². The monoisotopic (exact) mass is 368 g/mol. The lowest BCUT2D eigenvalue weighted by Gasteiger charge is -2.08. The third-order valence-corrected chi connectivity index (χ3v) is 4.09. The molecule has 134 valence electrons. The predicted octanol–water partition coefficient (Wildman–Crippen LogP) is 4.74. The van der Waals surface area contributed by atoms with Crippen molar-refractivity contribution in [1.82, 2.24) is 5.32 Å². The number of ether oxygens (including phenoxy) is 1. The van der Waals surface area contributed by atoms with Crippen LogP contribution in [0.5, 0.6) is 5.75 Å². The minimum atomic E-state index is -0.347. The van der Waals surface area contributed by atoms with Crippen LogP contribution >= 0.6 is 11.6 Å². The van der Waals surface area contributed by atoms with E-state index in [9.17, 15) is 10.1 Å². The van der Waals surface area contributed by atoms with Gasteiger partial charge in [0, 0.05) is 17.1 Å². The maximum atomic E-state index is 12.0. The summed E-state index contributed by atoms with van der Waals surface area (Å²) in [7, 11) is 0. The number of nitrogens with zero attached hydrogens (tertiary/aromatic N) is 1. The average Bonchev–Trinajstić information content (AvgIpc) is 2.66. The van der Waals surface area contributed by atoms with E-state index in [2.05, 4.69) is 5.32 Å². The lowest BCUT2D eigenvalue weighted by Crippen LogP contribution is -2.25. The van der Waals surface area contributed by atoms with Crippen molar-refractivity contribution in [2.24, 2.45) is 0 Å². The van der Waals surface area contributed by atoms with E-state index in [1.807, 2.05) is 37.3 Å². The second kappa shape index (κ2) is 10.3. The van der Waals surface area contributed by atoms with Crippen molar-refractivity contribution in [3.05, 3.63) is 70.3 Å². The number of nitrogens with one attached hydrogen (secondary N) is 1. The molecule has 0 fully saturated rings. The first-order valence-electron chi connectivity index (χ1n) is 8.50. The Balaban J connectivity index is 1.98. The zero-order valence-corrected chi connectivity index (χ0v) is 15.4. The first-order chi connectivity index (χ1) is 12.6. The van der Waals surface area contributed by atoms with Gasteiger partial charge in [-0.05, 0) is 36.3 Å². The summed E-state index contributed by atoms with van der Waals surface area (Å²) in [5, 5.41) is 12.6. The van der Waals surface area contributed by atoms with Crippen molar-refractivity contribution in [3.63, 3.8) is 0 Å². The molecule has 26 heavy (non-hydrogen) atoms. The van der Waals surface area contributed by atoms with Crippen LogP contribution in [0.1, 0.15) is 30.9 Å². The molecule has 0 unspecified atom stereocenters. The third kappa shape index (κ3) is 5.94. The number of unbranched alkanes of at least 4 members (excludes halogenated alkanes) is 1. The molecule has 0 heterocycles. The summed E-state index contributed by atoms with van der Waals surface area (Å²) in [5.41, 5.74) is 1.76. The molecule has 0 saturated carbocycles. The second-order valence-corrected chi connectivity index (χ2v) is 6.14. The van der Waals surface area contributed by atoms with Crippen LogP contribution in [-0.4, -0.2) is 12.5 Å². The van der Waals surface area contributed by atoms with Gasteiger partial charge in [0.15, 0.2) is 0 Å². The van der Waals surface area contributed by atoms with Crippen LogP contribution in [0.25, 0.3) is 6.08 Å². The van der Waals surface area contributed by atoms with Gasteiger partial charge in [-0.15, -0.1) is 0 Å². The quantitative estimate of drug-likeness (QED) is 0.415. The Labute approximate surface area is 159 Å². The zero-order valence-electron chi connectivity index (χ0n) is 14.7. The van der Waals surface area contributed by atoms with Gasteiger partial charge in [0.05, 0.1) is 0 Å². The van der Waals surface area contributed by atoms with Gasteiger partial charge in [-0.1, -0.05) is 55.3 Å². The summed E-state index contributed by atoms with van der Waals surface area (Å²) in [6, 6.07) is 16.7. The fourth-order valence-corrected chi connectivity index (χ4v) is 2.42. The van der Waals surface area contributed by atoms with Crippen molar-refractivity contribution in [1.29, 1.82) is 5.26 Å². The van der Waals surface area contributed by atoms with Gasteiger partial charge < -0.3 is 10.1 Å². The van der Waals surface area contributed by atoms with E-state index < -0.39 is 0 Å². The number of nitriles is 1. The largest absolute Gasteiger partial charge is 0.489 e. The van der Waals surface area contributed by atoms with Crippen LogP contribution in [0.4, 0.5) is 0 Å². The van der Waals surface area contributed by atoms with E-state index in [4.69, 9.17) is 16.3 Å². The minimum Gasteiger partial charge on any atom is -0.489 e. The minimum absolute atomic E-state index is 0.0887. The van der Waals surface area contributed by atoms with Crippen LogP contribution < -0.4 is 10.1 Å². The molecule has 4 nitrogen and oxygen atoms in total. The van der Waals surface area contributed by atoms with Crippen molar-refractivity contribution in [2.45, 2.75) is 26.4 Å². The Hall–Kier alpha value is -2.77. The summed E-state index contributed by atoms with van der Waals surface area (Å²) in [5.74, 6) is 0.341. The number of hydrogen-bond acceptors (Lipinski definition) is 3.